The van der Waals surface area contributed by atoms with Crippen molar-refractivity contribution in [3.8, 4) is 33.6 Å². The second-order valence-corrected chi connectivity index (χ2v) is 12.9. The Bertz CT molecular complexity index is 2830. The Morgan fingerprint density at radius 2 is 1.24 bits per heavy atom. The summed E-state index contributed by atoms with van der Waals surface area (Å²) in [6.45, 7) is 0. The maximum absolute atomic E-state index is 6.20. The molecule has 0 saturated carbocycles. The van der Waals surface area contributed by atoms with Crippen LogP contribution in [0.5, 0.6) is 0 Å². The van der Waals surface area contributed by atoms with Crippen LogP contribution in [-0.4, -0.2) is 9.97 Å². The molecule has 3 heterocycles. The van der Waals surface area contributed by atoms with Gasteiger partial charge in [0.25, 0.3) is 0 Å². The zero-order valence-electron chi connectivity index (χ0n) is 24.6. The number of benzene rings is 7. The van der Waals surface area contributed by atoms with E-state index in [2.05, 4.69) is 133 Å². The predicted octanol–water partition coefficient (Wildman–Crippen LogP) is 12.1. The first-order valence-corrected chi connectivity index (χ1v) is 16.2. The van der Waals surface area contributed by atoms with Crippen molar-refractivity contribution in [1.82, 2.24) is 9.97 Å². The van der Waals surface area contributed by atoms with Crippen molar-refractivity contribution in [2.24, 2.45) is 0 Å². The third-order valence-corrected chi connectivity index (χ3v) is 10.3. The summed E-state index contributed by atoms with van der Waals surface area (Å²) in [6.07, 6.45) is 1.80. The van der Waals surface area contributed by atoms with Crippen molar-refractivity contribution in [1.29, 1.82) is 0 Å². The van der Waals surface area contributed by atoms with Gasteiger partial charge in [-0.15, -0.1) is 11.3 Å². The van der Waals surface area contributed by atoms with Crippen molar-refractivity contribution >= 4 is 75.1 Å². The van der Waals surface area contributed by atoms with E-state index >= 15 is 0 Å². The van der Waals surface area contributed by atoms with Crippen LogP contribution in [0.4, 0.5) is 0 Å². The summed E-state index contributed by atoms with van der Waals surface area (Å²) < 4.78 is 8.80. The van der Waals surface area contributed by atoms with Gasteiger partial charge in [-0.1, -0.05) is 109 Å². The summed E-state index contributed by atoms with van der Waals surface area (Å²) in [6, 6.07) is 49.8. The molecule has 0 bridgehead atoms. The zero-order chi connectivity index (χ0) is 30.2. The number of nitrogens with zero attached hydrogens (tertiary/aromatic N) is 2. The first kappa shape index (κ1) is 25.5. The van der Waals surface area contributed by atoms with Gasteiger partial charge in [0.15, 0.2) is 11.4 Å². The summed E-state index contributed by atoms with van der Waals surface area (Å²) in [4.78, 5) is 9.82. The number of hydrogen-bond donors (Lipinski definition) is 0. The molecule has 0 spiro atoms. The molecule has 0 saturated heterocycles. The highest BCUT2D eigenvalue weighted by Crippen LogP contribution is 2.41. The van der Waals surface area contributed by atoms with Crippen LogP contribution >= 0.6 is 11.3 Å². The van der Waals surface area contributed by atoms with Crippen LogP contribution in [0.3, 0.4) is 0 Å². The molecule has 0 atom stereocenters. The molecule has 0 radical (unpaired) electrons. The molecule has 214 valence electrons. The quantitative estimate of drug-likeness (QED) is 0.188. The highest BCUT2D eigenvalue weighted by Gasteiger charge is 2.15. The molecule has 3 aromatic heterocycles. The first-order chi connectivity index (χ1) is 22.8. The van der Waals surface area contributed by atoms with Crippen LogP contribution < -0.4 is 0 Å². The number of hydrogen-bond acceptors (Lipinski definition) is 4. The normalized spacial score (nSPS) is 11.9. The molecule has 0 amide bonds. The summed E-state index contributed by atoms with van der Waals surface area (Å²) in [5.74, 6) is 0.684. The molecule has 0 aliphatic heterocycles. The average molecular weight is 605 g/mol. The molecule has 7 aromatic carbocycles. The average Bonchev–Trinajstić information content (AvgIpc) is 3.69. The fraction of sp³-hybridized carbons (Fsp3) is 0. The van der Waals surface area contributed by atoms with E-state index in [1.165, 1.54) is 47.3 Å². The van der Waals surface area contributed by atoms with Crippen LogP contribution in [0.1, 0.15) is 0 Å². The van der Waals surface area contributed by atoms with E-state index in [0.29, 0.717) is 11.4 Å². The van der Waals surface area contributed by atoms with E-state index in [9.17, 15) is 0 Å². The van der Waals surface area contributed by atoms with Gasteiger partial charge in [-0.05, 0) is 74.1 Å². The van der Waals surface area contributed by atoms with Crippen molar-refractivity contribution in [3.63, 3.8) is 0 Å². The molecular weight excluding hydrogens is 581 g/mol. The lowest BCUT2D eigenvalue weighted by molar-refractivity contribution is 0.666. The minimum Gasteiger partial charge on any atom is -0.453 e. The van der Waals surface area contributed by atoms with Gasteiger partial charge in [-0.3, -0.25) is 0 Å². The van der Waals surface area contributed by atoms with Gasteiger partial charge in [0, 0.05) is 31.1 Å². The first-order valence-electron chi connectivity index (χ1n) is 15.4. The number of fused-ring (bicyclic) bond motifs is 9. The topological polar surface area (TPSA) is 38.9 Å². The predicted molar refractivity (Wildman–Crippen MR) is 194 cm³/mol. The Morgan fingerprint density at radius 1 is 0.478 bits per heavy atom. The van der Waals surface area contributed by atoms with E-state index in [-0.39, 0.29) is 0 Å². The Balaban J connectivity index is 1.07. The van der Waals surface area contributed by atoms with Gasteiger partial charge >= 0.3 is 0 Å². The Kier molecular flexibility index (Phi) is 5.45. The maximum Gasteiger partial charge on any atom is 0.172 e. The second-order valence-electron chi connectivity index (χ2n) is 11.8. The van der Waals surface area contributed by atoms with Crippen molar-refractivity contribution in [2.75, 3.05) is 0 Å². The Labute approximate surface area is 268 Å². The number of thiophene rings is 1. The molecule has 10 rings (SSSR count). The lowest BCUT2D eigenvalue weighted by Gasteiger charge is -2.08. The molecule has 0 N–H and O–H groups in total. The third kappa shape index (κ3) is 3.91. The molecule has 0 unspecified atom stereocenters. The van der Waals surface area contributed by atoms with Crippen LogP contribution in [0.25, 0.3) is 97.4 Å². The minimum absolute atomic E-state index is 0.684. The molecule has 0 aliphatic rings. The molecule has 3 nitrogen and oxygen atoms in total. The molecule has 10 aromatic rings. The molecule has 4 heteroatoms. The van der Waals surface area contributed by atoms with Crippen LogP contribution in [0.15, 0.2) is 150 Å². The molecule has 0 fully saturated rings. The fourth-order valence-electron chi connectivity index (χ4n) is 6.87. The van der Waals surface area contributed by atoms with Crippen LogP contribution in [-0.2, 0) is 0 Å². The number of aromatic nitrogens is 2. The standard InChI is InChI=1S/C42H24N2OS/c1-2-10-31-25(7-1)15-16-29-21-26(17-19-32(29)31)27-18-20-37-36(23-27)40-38(45-37)24-43-42(44-40)30-9-5-8-28(22-30)33-12-6-13-35-34-11-3-4-14-39(34)46-41(33)35/h1-24H. The Hall–Kier alpha value is -5.84. The lowest BCUT2D eigenvalue weighted by Crippen LogP contribution is -1.89. The largest absolute Gasteiger partial charge is 0.453 e. The summed E-state index contributed by atoms with van der Waals surface area (Å²) >= 11 is 1.85. The van der Waals surface area contributed by atoms with Crippen LogP contribution in [0, 0.1) is 0 Å². The highest BCUT2D eigenvalue weighted by atomic mass is 32.1. The minimum atomic E-state index is 0.684. The fourth-order valence-corrected chi connectivity index (χ4v) is 8.11. The molecule has 0 aliphatic carbocycles. The monoisotopic (exact) mass is 604 g/mol. The third-order valence-electron chi connectivity index (χ3n) is 9.12. The maximum atomic E-state index is 6.20. The van der Waals surface area contributed by atoms with E-state index in [1.807, 2.05) is 17.4 Å². The second kappa shape index (κ2) is 9.83. The van der Waals surface area contributed by atoms with E-state index in [1.54, 1.807) is 6.20 Å². The van der Waals surface area contributed by atoms with E-state index in [4.69, 9.17) is 14.4 Å². The summed E-state index contributed by atoms with van der Waals surface area (Å²) in [5, 5.41) is 8.60. The lowest BCUT2D eigenvalue weighted by atomic mass is 9.97. The van der Waals surface area contributed by atoms with Crippen LogP contribution in [0.2, 0.25) is 0 Å². The SMILES string of the molecule is c1cc(-c2ncc3oc4ccc(-c5ccc6c(ccc7ccccc76)c5)cc4c3n2)cc(-c2cccc3c2sc2ccccc23)c1. The van der Waals surface area contributed by atoms with E-state index < -0.39 is 0 Å². The molecule has 46 heavy (non-hydrogen) atoms. The van der Waals surface area contributed by atoms with Gasteiger partial charge in [0.1, 0.15) is 11.1 Å². The number of rotatable bonds is 3. The van der Waals surface area contributed by atoms with Crippen molar-refractivity contribution in [2.45, 2.75) is 0 Å². The zero-order valence-corrected chi connectivity index (χ0v) is 25.4. The van der Waals surface area contributed by atoms with Gasteiger partial charge < -0.3 is 4.42 Å². The molecular formula is C42H24N2OS. The van der Waals surface area contributed by atoms with Gasteiger partial charge in [-0.25, -0.2) is 9.97 Å². The van der Waals surface area contributed by atoms with E-state index in [0.717, 1.165) is 38.7 Å². The number of furan rings is 1. The van der Waals surface area contributed by atoms with Gasteiger partial charge in [-0.2, -0.15) is 0 Å². The van der Waals surface area contributed by atoms with Gasteiger partial charge in [0.05, 0.1) is 6.20 Å². The Morgan fingerprint density at radius 3 is 2.22 bits per heavy atom. The van der Waals surface area contributed by atoms with Crippen molar-refractivity contribution in [3.05, 3.63) is 146 Å². The van der Waals surface area contributed by atoms with Crippen molar-refractivity contribution < 1.29 is 4.42 Å². The summed E-state index contributed by atoms with van der Waals surface area (Å²) in [7, 11) is 0. The van der Waals surface area contributed by atoms with Gasteiger partial charge in [0.2, 0.25) is 0 Å². The highest BCUT2D eigenvalue weighted by molar-refractivity contribution is 7.26. The summed E-state index contributed by atoms with van der Waals surface area (Å²) in [5.41, 5.74) is 7.97. The smallest absolute Gasteiger partial charge is 0.172 e.